The van der Waals surface area contributed by atoms with Crippen molar-refractivity contribution in [3.63, 3.8) is 0 Å². The number of nitrogens with one attached hydrogen (secondary N) is 1. The molecule has 0 amide bonds. The number of rotatable bonds is 10. The molecule has 0 aliphatic heterocycles. The molecule has 0 aliphatic carbocycles. The highest BCUT2D eigenvalue weighted by Crippen LogP contribution is 2.21. The van der Waals surface area contributed by atoms with Crippen molar-refractivity contribution >= 4 is 11.6 Å². The number of nitrogen functional groups attached to an aromatic ring is 1. The van der Waals surface area contributed by atoms with Gasteiger partial charge in [0.1, 0.15) is 17.5 Å². The minimum Gasteiger partial charge on any atom is -0.383 e. The average molecular weight is 295 g/mol. The first kappa shape index (κ1) is 17.7. The third-order valence-electron chi connectivity index (χ3n) is 3.59. The van der Waals surface area contributed by atoms with Gasteiger partial charge in [0.25, 0.3) is 0 Å². The Balaban J connectivity index is 3.11. The molecule has 0 aliphatic rings. The van der Waals surface area contributed by atoms with E-state index in [9.17, 15) is 0 Å². The summed E-state index contributed by atoms with van der Waals surface area (Å²) < 4.78 is 5.24. The average Bonchev–Trinajstić information content (AvgIpc) is 2.51. The monoisotopic (exact) mass is 295 g/mol. The van der Waals surface area contributed by atoms with Gasteiger partial charge in [-0.3, -0.25) is 0 Å². The second kappa shape index (κ2) is 9.52. The Morgan fingerprint density at radius 1 is 1.29 bits per heavy atom. The van der Waals surface area contributed by atoms with Crippen molar-refractivity contribution in [2.24, 2.45) is 5.84 Å². The maximum atomic E-state index is 5.54. The zero-order valence-electron chi connectivity index (χ0n) is 13.7. The Labute approximate surface area is 128 Å². The van der Waals surface area contributed by atoms with Crippen LogP contribution in [0, 0.1) is 0 Å². The number of nitrogens with two attached hydrogens (primary N) is 1. The zero-order valence-corrected chi connectivity index (χ0v) is 13.7. The lowest BCUT2D eigenvalue weighted by Gasteiger charge is -2.31. The maximum absolute atomic E-state index is 5.54. The predicted molar refractivity (Wildman–Crippen MR) is 87.4 cm³/mol. The highest BCUT2D eigenvalue weighted by molar-refractivity contribution is 5.49. The van der Waals surface area contributed by atoms with Crippen molar-refractivity contribution in [1.82, 2.24) is 9.97 Å². The fourth-order valence-electron chi connectivity index (χ4n) is 2.44. The molecule has 0 atom stereocenters. The number of aryl methyl sites for hydroxylation is 1. The topological polar surface area (TPSA) is 76.3 Å². The van der Waals surface area contributed by atoms with E-state index >= 15 is 0 Å². The molecule has 0 fully saturated rings. The Hall–Kier alpha value is -1.40. The Kier molecular flexibility index (Phi) is 8.00. The smallest absolute Gasteiger partial charge is 0.145 e. The van der Waals surface area contributed by atoms with Crippen molar-refractivity contribution in [3.8, 4) is 0 Å². The molecule has 6 heteroatoms. The molecule has 6 nitrogen and oxygen atoms in total. The molecule has 0 aromatic carbocycles. The van der Waals surface area contributed by atoms with E-state index in [0.29, 0.717) is 18.5 Å². The Bertz CT molecular complexity index is 409. The predicted octanol–water partition coefficient (Wildman–Crippen LogP) is 2.36. The normalized spacial score (nSPS) is 11.0. The van der Waals surface area contributed by atoms with E-state index in [0.717, 1.165) is 43.9 Å². The zero-order chi connectivity index (χ0) is 15.7. The second-order valence-corrected chi connectivity index (χ2v) is 5.08. The molecule has 0 saturated carbocycles. The van der Waals surface area contributed by atoms with E-state index in [4.69, 9.17) is 15.6 Å². The standard InChI is InChI=1S/C15H29N5O/c1-5-8-13-17-14(19-16)11-15(18-13)20(9-10-21-4)12(6-2)7-3/h11-12H,5-10,16H2,1-4H3,(H,17,18,19). The van der Waals surface area contributed by atoms with Gasteiger partial charge in [0.15, 0.2) is 0 Å². The van der Waals surface area contributed by atoms with Crippen LogP contribution in [0.15, 0.2) is 6.07 Å². The van der Waals surface area contributed by atoms with E-state index < -0.39 is 0 Å². The summed E-state index contributed by atoms with van der Waals surface area (Å²) in [4.78, 5) is 11.4. The van der Waals surface area contributed by atoms with E-state index in [-0.39, 0.29) is 0 Å². The van der Waals surface area contributed by atoms with E-state index in [2.05, 4.69) is 36.1 Å². The van der Waals surface area contributed by atoms with Crippen molar-refractivity contribution in [1.29, 1.82) is 0 Å². The molecule has 0 saturated heterocycles. The van der Waals surface area contributed by atoms with Gasteiger partial charge in [-0.1, -0.05) is 20.8 Å². The number of methoxy groups -OCH3 is 1. The van der Waals surface area contributed by atoms with Gasteiger partial charge in [-0.2, -0.15) is 0 Å². The number of hydrogen-bond donors (Lipinski definition) is 2. The number of aromatic nitrogens is 2. The molecule has 0 spiro atoms. The largest absolute Gasteiger partial charge is 0.383 e. The van der Waals surface area contributed by atoms with E-state index in [1.807, 2.05) is 6.07 Å². The van der Waals surface area contributed by atoms with Crippen LogP contribution in [-0.2, 0) is 11.2 Å². The summed E-state index contributed by atoms with van der Waals surface area (Å²) in [5.41, 5.74) is 2.64. The number of ether oxygens (including phenoxy) is 1. The second-order valence-electron chi connectivity index (χ2n) is 5.08. The van der Waals surface area contributed by atoms with Crippen LogP contribution >= 0.6 is 0 Å². The van der Waals surface area contributed by atoms with Crippen LogP contribution in [0.2, 0.25) is 0 Å². The SMILES string of the molecule is CCCc1nc(NN)cc(N(CCOC)C(CC)CC)n1. The van der Waals surface area contributed by atoms with Crippen LogP contribution in [-0.4, -0.2) is 36.3 Å². The molecule has 0 unspecified atom stereocenters. The fourth-order valence-corrected chi connectivity index (χ4v) is 2.44. The first-order valence-electron chi connectivity index (χ1n) is 7.80. The fraction of sp³-hybridized carbons (Fsp3) is 0.733. The highest BCUT2D eigenvalue weighted by Gasteiger charge is 2.18. The lowest BCUT2D eigenvalue weighted by Crippen LogP contribution is -2.38. The van der Waals surface area contributed by atoms with Crippen LogP contribution in [0.3, 0.4) is 0 Å². The van der Waals surface area contributed by atoms with E-state index in [1.54, 1.807) is 7.11 Å². The van der Waals surface area contributed by atoms with Crippen LogP contribution < -0.4 is 16.2 Å². The molecule has 1 heterocycles. The summed E-state index contributed by atoms with van der Waals surface area (Å²) >= 11 is 0. The first-order chi connectivity index (χ1) is 10.2. The Morgan fingerprint density at radius 3 is 2.52 bits per heavy atom. The van der Waals surface area contributed by atoms with Gasteiger partial charge in [-0.25, -0.2) is 15.8 Å². The third-order valence-corrected chi connectivity index (χ3v) is 3.59. The minimum absolute atomic E-state index is 0.440. The molecular weight excluding hydrogens is 266 g/mol. The molecular formula is C15H29N5O. The first-order valence-corrected chi connectivity index (χ1v) is 7.80. The minimum atomic E-state index is 0.440. The number of hydrogen-bond acceptors (Lipinski definition) is 6. The molecule has 0 radical (unpaired) electrons. The van der Waals surface area contributed by atoms with Gasteiger partial charge in [-0.15, -0.1) is 0 Å². The van der Waals surface area contributed by atoms with Crippen molar-refractivity contribution in [3.05, 3.63) is 11.9 Å². The lowest BCUT2D eigenvalue weighted by molar-refractivity contribution is 0.202. The van der Waals surface area contributed by atoms with Gasteiger partial charge in [0, 0.05) is 32.2 Å². The van der Waals surface area contributed by atoms with Gasteiger partial charge < -0.3 is 15.1 Å². The van der Waals surface area contributed by atoms with Crippen LogP contribution in [0.4, 0.5) is 11.6 Å². The van der Waals surface area contributed by atoms with E-state index in [1.165, 1.54) is 0 Å². The number of nitrogens with zero attached hydrogens (tertiary/aromatic N) is 3. The van der Waals surface area contributed by atoms with Crippen molar-refractivity contribution in [2.45, 2.75) is 52.5 Å². The summed E-state index contributed by atoms with van der Waals surface area (Å²) in [7, 11) is 1.72. The third kappa shape index (κ3) is 5.13. The summed E-state index contributed by atoms with van der Waals surface area (Å²) in [6, 6.07) is 2.35. The summed E-state index contributed by atoms with van der Waals surface area (Å²) in [6.45, 7) is 8.01. The summed E-state index contributed by atoms with van der Waals surface area (Å²) in [6.07, 6.45) is 4.00. The van der Waals surface area contributed by atoms with Gasteiger partial charge in [0.2, 0.25) is 0 Å². The highest BCUT2D eigenvalue weighted by atomic mass is 16.5. The van der Waals surface area contributed by atoms with Crippen LogP contribution in [0.1, 0.15) is 45.9 Å². The molecule has 1 aromatic heterocycles. The van der Waals surface area contributed by atoms with Gasteiger partial charge >= 0.3 is 0 Å². The molecule has 120 valence electrons. The maximum Gasteiger partial charge on any atom is 0.145 e. The molecule has 1 rings (SSSR count). The molecule has 1 aromatic rings. The lowest BCUT2D eigenvalue weighted by atomic mass is 10.1. The molecule has 3 N–H and O–H groups in total. The van der Waals surface area contributed by atoms with Crippen LogP contribution in [0.25, 0.3) is 0 Å². The Morgan fingerprint density at radius 2 is 2.00 bits per heavy atom. The molecule has 21 heavy (non-hydrogen) atoms. The molecule has 0 bridgehead atoms. The summed E-state index contributed by atoms with van der Waals surface area (Å²) in [5, 5.41) is 0. The quantitative estimate of drug-likeness (QED) is 0.510. The summed E-state index contributed by atoms with van der Waals surface area (Å²) in [5.74, 6) is 7.96. The number of anilines is 2. The van der Waals surface area contributed by atoms with Crippen LogP contribution in [0.5, 0.6) is 0 Å². The van der Waals surface area contributed by atoms with Gasteiger partial charge in [-0.05, 0) is 19.3 Å². The van der Waals surface area contributed by atoms with Gasteiger partial charge in [0.05, 0.1) is 6.61 Å². The van der Waals surface area contributed by atoms with Crippen molar-refractivity contribution < 1.29 is 4.74 Å². The van der Waals surface area contributed by atoms with Crippen molar-refractivity contribution in [2.75, 3.05) is 30.6 Å². The number of hydrazine groups is 1.